The molecule has 1 aromatic carbocycles. The molecular weight excluding hydrogens is 287 g/mol. The number of halogens is 2. The summed E-state index contributed by atoms with van der Waals surface area (Å²) in [6, 6.07) is 5.36. The van der Waals surface area contributed by atoms with Gasteiger partial charge in [0, 0.05) is 30.2 Å². The molecule has 0 unspecified atom stereocenters. The zero-order valence-corrected chi connectivity index (χ0v) is 12.4. The molecule has 1 rings (SSSR count). The first kappa shape index (κ1) is 16.2. The molecule has 19 heavy (non-hydrogen) atoms. The zero-order valence-electron chi connectivity index (χ0n) is 10.8. The van der Waals surface area contributed by atoms with Gasteiger partial charge in [-0.25, -0.2) is 0 Å². The molecule has 6 heteroatoms. The number of rotatable bonds is 8. The average molecular weight is 305 g/mol. The van der Waals surface area contributed by atoms with E-state index in [1.807, 2.05) is 6.07 Å². The first-order valence-corrected chi connectivity index (χ1v) is 6.79. The minimum Gasteiger partial charge on any atom is -0.383 e. The van der Waals surface area contributed by atoms with Gasteiger partial charge >= 0.3 is 0 Å². The van der Waals surface area contributed by atoms with E-state index >= 15 is 0 Å². The van der Waals surface area contributed by atoms with Crippen LogP contribution in [-0.2, 0) is 16.0 Å². The number of ether oxygens (including phenoxy) is 1. The van der Waals surface area contributed by atoms with E-state index in [-0.39, 0.29) is 12.5 Å². The van der Waals surface area contributed by atoms with Gasteiger partial charge in [-0.1, -0.05) is 29.3 Å². The fourth-order valence-electron chi connectivity index (χ4n) is 1.50. The van der Waals surface area contributed by atoms with E-state index in [0.717, 1.165) is 5.56 Å². The summed E-state index contributed by atoms with van der Waals surface area (Å²) in [7, 11) is 1.62. The summed E-state index contributed by atoms with van der Waals surface area (Å²) in [6.07, 6.45) is 0.680. The Morgan fingerprint density at radius 1 is 1.32 bits per heavy atom. The second kappa shape index (κ2) is 9.15. The van der Waals surface area contributed by atoms with Crippen LogP contribution in [0.2, 0.25) is 10.0 Å². The van der Waals surface area contributed by atoms with Crippen molar-refractivity contribution in [2.24, 2.45) is 0 Å². The number of nitrogens with one attached hydrogen (secondary N) is 2. The highest BCUT2D eigenvalue weighted by Crippen LogP contribution is 2.20. The Labute approximate surface area is 123 Å². The Bertz CT molecular complexity index is 414. The van der Waals surface area contributed by atoms with Gasteiger partial charge in [0.05, 0.1) is 13.2 Å². The largest absolute Gasteiger partial charge is 0.383 e. The van der Waals surface area contributed by atoms with Gasteiger partial charge in [-0.05, 0) is 24.1 Å². The maximum absolute atomic E-state index is 11.5. The van der Waals surface area contributed by atoms with Crippen molar-refractivity contribution < 1.29 is 9.53 Å². The van der Waals surface area contributed by atoms with Crippen molar-refractivity contribution in [1.82, 2.24) is 10.6 Å². The molecule has 0 heterocycles. The van der Waals surface area contributed by atoms with E-state index in [1.165, 1.54) is 0 Å². The highest BCUT2D eigenvalue weighted by molar-refractivity contribution is 6.35. The highest BCUT2D eigenvalue weighted by Gasteiger charge is 2.03. The third-order valence-corrected chi connectivity index (χ3v) is 3.09. The van der Waals surface area contributed by atoms with Gasteiger partial charge in [-0.15, -0.1) is 0 Å². The molecule has 2 N–H and O–H groups in total. The Morgan fingerprint density at radius 3 is 2.79 bits per heavy atom. The molecule has 0 aliphatic heterocycles. The van der Waals surface area contributed by atoms with Crippen molar-refractivity contribution in [3.63, 3.8) is 0 Å². The van der Waals surface area contributed by atoms with Crippen LogP contribution in [0.5, 0.6) is 0 Å². The van der Waals surface area contributed by atoms with Crippen molar-refractivity contribution >= 4 is 29.1 Å². The summed E-state index contributed by atoms with van der Waals surface area (Å²) in [5.41, 5.74) is 0.971. The minimum atomic E-state index is -0.0406. The molecule has 1 amide bonds. The molecule has 0 bridgehead atoms. The third-order valence-electron chi connectivity index (χ3n) is 2.50. The van der Waals surface area contributed by atoms with Crippen LogP contribution >= 0.6 is 23.2 Å². The van der Waals surface area contributed by atoms with Crippen LogP contribution in [-0.4, -0.2) is 39.3 Å². The molecule has 1 aromatic rings. The van der Waals surface area contributed by atoms with Crippen LogP contribution in [0.3, 0.4) is 0 Å². The topological polar surface area (TPSA) is 50.4 Å². The number of carbonyl (C=O) groups is 1. The lowest BCUT2D eigenvalue weighted by molar-refractivity contribution is -0.120. The van der Waals surface area contributed by atoms with Gasteiger partial charge in [0.15, 0.2) is 0 Å². The smallest absolute Gasteiger partial charge is 0.233 e. The van der Waals surface area contributed by atoms with E-state index in [0.29, 0.717) is 36.2 Å². The number of benzene rings is 1. The maximum Gasteiger partial charge on any atom is 0.233 e. The van der Waals surface area contributed by atoms with E-state index < -0.39 is 0 Å². The van der Waals surface area contributed by atoms with Crippen LogP contribution in [0.25, 0.3) is 0 Å². The zero-order chi connectivity index (χ0) is 14.1. The normalized spacial score (nSPS) is 10.5. The number of carbonyl (C=O) groups excluding carboxylic acids is 1. The van der Waals surface area contributed by atoms with E-state index in [9.17, 15) is 4.79 Å². The minimum absolute atomic E-state index is 0.0406. The van der Waals surface area contributed by atoms with Crippen LogP contribution in [0.15, 0.2) is 18.2 Å². The summed E-state index contributed by atoms with van der Waals surface area (Å²) in [5, 5.41) is 7.03. The average Bonchev–Trinajstić information content (AvgIpc) is 2.37. The molecule has 0 aliphatic carbocycles. The summed E-state index contributed by atoms with van der Waals surface area (Å²) < 4.78 is 4.87. The van der Waals surface area contributed by atoms with Gasteiger partial charge in [0.2, 0.25) is 5.91 Å². The summed E-state index contributed by atoms with van der Waals surface area (Å²) in [5.74, 6) is -0.0406. The lowest BCUT2D eigenvalue weighted by Gasteiger charge is -2.08. The van der Waals surface area contributed by atoms with Gasteiger partial charge in [0.1, 0.15) is 0 Å². The standard InChI is InChI=1S/C13H18Cl2N2O2/c1-19-7-6-16-9-13(18)17-5-4-10-2-3-11(14)8-12(10)15/h2-3,8,16H,4-7,9H2,1H3,(H,17,18). The summed E-state index contributed by atoms with van der Waals surface area (Å²) in [6.45, 7) is 2.09. The number of hydrogen-bond donors (Lipinski definition) is 2. The molecule has 0 aliphatic rings. The predicted octanol–water partition coefficient (Wildman–Crippen LogP) is 1.89. The van der Waals surface area contributed by atoms with Gasteiger partial charge < -0.3 is 15.4 Å². The molecule has 4 nitrogen and oxygen atoms in total. The van der Waals surface area contributed by atoms with E-state index in [4.69, 9.17) is 27.9 Å². The Hall–Kier alpha value is -0.810. The van der Waals surface area contributed by atoms with Crippen LogP contribution in [0.4, 0.5) is 0 Å². The number of methoxy groups -OCH3 is 1. The molecule has 106 valence electrons. The van der Waals surface area contributed by atoms with E-state index in [1.54, 1.807) is 19.2 Å². The maximum atomic E-state index is 11.5. The van der Waals surface area contributed by atoms with Gasteiger partial charge in [-0.3, -0.25) is 4.79 Å². The van der Waals surface area contributed by atoms with Crippen LogP contribution < -0.4 is 10.6 Å². The molecule has 0 radical (unpaired) electrons. The molecule has 0 atom stereocenters. The van der Waals surface area contributed by atoms with Crippen LogP contribution in [0.1, 0.15) is 5.56 Å². The molecule has 0 fully saturated rings. The van der Waals surface area contributed by atoms with Crippen LogP contribution in [0, 0.1) is 0 Å². The first-order chi connectivity index (χ1) is 9.13. The van der Waals surface area contributed by atoms with Crippen molar-refractivity contribution in [2.45, 2.75) is 6.42 Å². The highest BCUT2D eigenvalue weighted by atomic mass is 35.5. The second-order valence-corrected chi connectivity index (χ2v) is 4.85. The molecule has 0 saturated carbocycles. The molecular formula is C13H18Cl2N2O2. The van der Waals surface area contributed by atoms with Gasteiger partial charge in [-0.2, -0.15) is 0 Å². The Balaban J connectivity index is 2.20. The van der Waals surface area contributed by atoms with E-state index in [2.05, 4.69) is 10.6 Å². The fourth-order valence-corrected chi connectivity index (χ4v) is 2.00. The Morgan fingerprint density at radius 2 is 2.11 bits per heavy atom. The summed E-state index contributed by atoms with van der Waals surface area (Å²) in [4.78, 5) is 11.5. The number of amides is 1. The lowest BCUT2D eigenvalue weighted by atomic mass is 10.1. The molecule has 0 saturated heterocycles. The fraction of sp³-hybridized carbons (Fsp3) is 0.462. The quantitative estimate of drug-likeness (QED) is 0.721. The predicted molar refractivity (Wildman–Crippen MR) is 77.9 cm³/mol. The molecule has 0 spiro atoms. The van der Waals surface area contributed by atoms with Gasteiger partial charge in [0.25, 0.3) is 0 Å². The molecule has 0 aromatic heterocycles. The lowest BCUT2D eigenvalue weighted by Crippen LogP contribution is -2.36. The van der Waals surface area contributed by atoms with Crippen molar-refractivity contribution in [3.8, 4) is 0 Å². The summed E-state index contributed by atoms with van der Waals surface area (Å²) >= 11 is 11.9. The third kappa shape index (κ3) is 6.78. The number of hydrogen-bond acceptors (Lipinski definition) is 3. The van der Waals surface area contributed by atoms with Crippen molar-refractivity contribution in [1.29, 1.82) is 0 Å². The second-order valence-electron chi connectivity index (χ2n) is 4.01. The Kier molecular flexibility index (Phi) is 7.82. The first-order valence-electron chi connectivity index (χ1n) is 6.03. The monoisotopic (exact) mass is 304 g/mol. The SMILES string of the molecule is COCCNCC(=O)NCCc1ccc(Cl)cc1Cl. The van der Waals surface area contributed by atoms with Crippen molar-refractivity contribution in [3.05, 3.63) is 33.8 Å². The van der Waals surface area contributed by atoms with Crippen molar-refractivity contribution in [2.75, 3.05) is 33.4 Å².